The Balaban J connectivity index is 1.96. The van der Waals surface area contributed by atoms with Crippen LogP contribution in [0.3, 0.4) is 0 Å². The minimum atomic E-state index is -0.538. The highest BCUT2D eigenvalue weighted by Crippen LogP contribution is 2.23. The van der Waals surface area contributed by atoms with Crippen molar-refractivity contribution in [3.05, 3.63) is 53.1 Å². The molecular weight excluding hydrogens is 292 g/mol. The summed E-state index contributed by atoms with van der Waals surface area (Å²) in [5.74, 6) is 0.317. The van der Waals surface area contributed by atoms with Crippen molar-refractivity contribution in [3.8, 4) is 5.75 Å². The van der Waals surface area contributed by atoms with Gasteiger partial charge in [0, 0.05) is 18.7 Å². The first-order chi connectivity index (χ1) is 10.2. The monoisotopic (exact) mass is 302 g/mol. The lowest BCUT2D eigenvalue weighted by Crippen LogP contribution is -2.08. The maximum absolute atomic E-state index is 12.3. The van der Waals surface area contributed by atoms with Crippen LogP contribution in [0.25, 0.3) is 11.1 Å². The molecule has 5 nitrogen and oxygen atoms in total. The highest BCUT2D eigenvalue weighted by Gasteiger charge is 2.17. The number of hydrogen-bond donors (Lipinski definition) is 0. The molecule has 3 rings (SSSR count). The van der Waals surface area contributed by atoms with Gasteiger partial charge in [0.05, 0.1) is 11.2 Å². The van der Waals surface area contributed by atoms with Crippen LogP contribution in [0.2, 0.25) is 5.02 Å². The Bertz CT molecular complexity index is 814. The third-order valence-corrected chi connectivity index (χ3v) is 3.08. The van der Waals surface area contributed by atoms with Gasteiger partial charge in [-0.2, -0.15) is 0 Å². The maximum Gasteiger partial charge on any atom is 0.347 e. The van der Waals surface area contributed by atoms with Crippen molar-refractivity contribution in [2.45, 2.75) is 13.3 Å². The van der Waals surface area contributed by atoms with Gasteiger partial charge in [-0.3, -0.25) is 4.98 Å². The molecule has 0 bridgehead atoms. The number of pyridine rings is 1. The highest BCUT2D eigenvalue weighted by atomic mass is 35.5. The van der Waals surface area contributed by atoms with Gasteiger partial charge in [-0.1, -0.05) is 24.6 Å². The van der Waals surface area contributed by atoms with Crippen LogP contribution in [-0.2, 0) is 6.42 Å². The number of nitrogens with zero attached hydrogens (tertiary/aromatic N) is 2. The first kappa shape index (κ1) is 13.6. The van der Waals surface area contributed by atoms with Crippen LogP contribution in [0.1, 0.15) is 23.2 Å². The molecule has 0 saturated carbocycles. The number of fused-ring (bicyclic) bond motifs is 1. The molecule has 106 valence electrons. The summed E-state index contributed by atoms with van der Waals surface area (Å²) in [7, 11) is 0. The molecule has 6 heteroatoms. The Morgan fingerprint density at radius 1 is 1.38 bits per heavy atom. The minimum absolute atomic E-state index is 0.278. The van der Waals surface area contributed by atoms with Gasteiger partial charge in [-0.15, -0.1) is 0 Å². The molecule has 0 spiro atoms. The lowest BCUT2D eigenvalue weighted by molar-refractivity contribution is 0.0735. The van der Waals surface area contributed by atoms with E-state index in [0.29, 0.717) is 34.0 Å². The summed E-state index contributed by atoms with van der Waals surface area (Å²) in [6, 6.07) is 6.67. The van der Waals surface area contributed by atoms with Gasteiger partial charge < -0.3 is 9.15 Å². The van der Waals surface area contributed by atoms with Crippen molar-refractivity contribution in [3.63, 3.8) is 0 Å². The van der Waals surface area contributed by atoms with E-state index in [-0.39, 0.29) is 5.75 Å². The van der Waals surface area contributed by atoms with E-state index in [2.05, 4.69) is 9.97 Å². The number of hydrogen-bond acceptors (Lipinski definition) is 5. The molecule has 1 aromatic carbocycles. The maximum atomic E-state index is 12.3. The minimum Gasteiger partial charge on any atom is -0.440 e. The second kappa shape index (κ2) is 5.54. The molecule has 0 atom stereocenters. The summed E-state index contributed by atoms with van der Waals surface area (Å²) < 4.78 is 10.8. The number of carbonyl (C=O) groups is 1. The van der Waals surface area contributed by atoms with E-state index < -0.39 is 5.97 Å². The summed E-state index contributed by atoms with van der Waals surface area (Å²) in [5, 5.41) is 0.395. The first-order valence-electron chi connectivity index (χ1n) is 6.38. The molecule has 0 aliphatic carbocycles. The quantitative estimate of drug-likeness (QED) is 0.691. The zero-order valence-corrected chi connectivity index (χ0v) is 11.9. The van der Waals surface area contributed by atoms with Crippen molar-refractivity contribution in [1.82, 2.24) is 9.97 Å². The molecule has 0 aliphatic heterocycles. The van der Waals surface area contributed by atoms with Crippen molar-refractivity contribution in [2.75, 3.05) is 0 Å². The predicted octanol–water partition coefficient (Wildman–Crippen LogP) is 3.66. The molecule has 0 saturated heterocycles. The Labute approximate surface area is 125 Å². The van der Waals surface area contributed by atoms with Crippen LogP contribution in [0.5, 0.6) is 5.75 Å². The van der Waals surface area contributed by atoms with Crippen molar-refractivity contribution in [2.24, 2.45) is 0 Å². The van der Waals surface area contributed by atoms with E-state index in [4.69, 9.17) is 20.8 Å². The number of aryl methyl sites for hydroxylation is 1. The highest BCUT2D eigenvalue weighted by molar-refractivity contribution is 6.30. The normalized spacial score (nSPS) is 10.8. The van der Waals surface area contributed by atoms with Gasteiger partial charge in [0.15, 0.2) is 17.2 Å². The number of para-hydroxylation sites is 1. The fourth-order valence-electron chi connectivity index (χ4n) is 1.92. The second-order valence-corrected chi connectivity index (χ2v) is 4.78. The summed E-state index contributed by atoms with van der Waals surface area (Å²) in [4.78, 5) is 20.4. The third kappa shape index (κ3) is 2.73. The predicted molar refractivity (Wildman–Crippen MR) is 77.6 cm³/mol. The topological polar surface area (TPSA) is 65.2 Å². The Morgan fingerprint density at radius 2 is 2.24 bits per heavy atom. The van der Waals surface area contributed by atoms with E-state index in [9.17, 15) is 4.79 Å². The van der Waals surface area contributed by atoms with Crippen LogP contribution < -0.4 is 4.74 Å². The number of esters is 1. The number of rotatable bonds is 3. The molecule has 0 amide bonds. The Hall–Kier alpha value is -2.40. The average molecular weight is 303 g/mol. The number of halogens is 1. The fourth-order valence-corrected chi connectivity index (χ4v) is 2.08. The van der Waals surface area contributed by atoms with Crippen LogP contribution >= 0.6 is 11.6 Å². The first-order valence-corrected chi connectivity index (χ1v) is 6.76. The summed E-state index contributed by atoms with van der Waals surface area (Å²) >= 11 is 5.81. The van der Waals surface area contributed by atoms with Crippen LogP contribution in [-0.4, -0.2) is 15.9 Å². The standard InChI is InChI=1S/C15H11ClN2O3/c1-2-13-18-12-5-3-4-11(14(12)21-13)15(19)20-10-6-9(16)7-17-8-10/h3-8H,2H2,1H3. The molecule has 2 aromatic heterocycles. The summed E-state index contributed by atoms with van der Waals surface area (Å²) in [5.41, 5.74) is 1.37. The van der Waals surface area contributed by atoms with Crippen molar-refractivity contribution in [1.29, 1.82) is 0 Å². The average Bonchev–Trinajstić information content (AvgIpc) is 2.90. The molecule has 0 unspecified atom stereocenters. The largest absolute Gasteiger partial charge is 0.440 e. The van der Waals surface area contributed by atoms with E-state index in [1.165, 1.54) is 18.5 Å². The van der Waals surface area contributed by atoms with Crippen molar-refractivity contribution >= 4 is 28.7 Å². The lowest BCUT2D eigenvalue weighted by Gasteiger charge is -2.04. The smallest absolute Gasteiger partial charge is 0.347 e. The molecule has 0 radical (unpaired) electrons. The number of carbonyl (C=O) groups excluding carboxylic acids is 1. The molecule has 3 aromatic rings. The lowest BCUT2D eigenvalue weighted by atomic mass is 10.2. The number of benzene rings is 1. The second-order valence-electron chi connectivity index (χ2n) is 4.34. The van der Waals surface area contributed by atoms with Crippen LogP contribution in [0, 0.1) is 0 Å². The van der Waals surface area contributed by atoms with Gasteiger partial charge in [0.1, 0.15) is 11.1 Å². The Morgan fingerprint density at radius 3 is 3.00 bits per heavy atom. The zero-order valence-electron chi connectivity index (χ0n) is 11.2. The van der Waals surface area contributed by atoms with E-state index in [1.807, 2.05) is 6.92 Å². The molecule has 21 heavy (non-hydrogen) atoms. The molecule has 0 fully saturated rings. The fraction of sp³-hybridized carbons (Fsp3) is 0.133. The SMILES string of the molecule is CCc1nc2cccc(C(=O)Oc3cncc(Cl)c3)c2o1. The van der Waals surface area contributed by atoms with Crippen LogP contribution in [0.4, 0.5) is 0 Å². The zero-order chi connectivity index (χ0) is 14.8. The van der Waals surface area contributed by atoms with Gasteiger partial charge in [-0.05, 0) is 12.1 Å². The Kier molecular flexibility index (Phi) is 3.58. The molecule has 0 aliphatic rings. The summed E-state index contributed by atoms with van der Waals surface area (Å²) in [6.45, 7) is 1.93. The van der Waals surface area contributed by atoms with E-state index >= 15 is 0 Å². The third-order valence-electron chi connectivity index (χ3n) is 2.87. The number of ether oxygens (including phenoxy) is 1. The van der Waals surface area contributed by atoms with Gasteiger partial charge >= 0.3 is 5.97 Å². The number of oxazole rings is 1. The van der Waals surface area contributed by atoms with Crippen molar-refractivity contribution < 1.29 is 13.9 Å². The molecular formula is C15H11ClN2O3. The number of aromatic nitrogens is 2. The van der Waals surface area contributed by atoms with Gasteiger partial charge in [0.25, 0.3) is 0 Å². The van der Waals surface area contributed by atoms with Crippen LogP contribution in [0.15, 0.2) is 41.1 Å². The van der Waals surface area contributed by atoms with Gasteiger partial charge in [0.2, 0.25) is 0 Å². The van der Waals surface area contributed by atoms with Gasteiger partial charge in [-0.25, -0.2) is 9.78 Å². The molecule has 0 N–H and O–H groups in total. The van der Waals surface area contributed by atoms with E-state index in [1.54, 1.807) is 18.2 Å². The summed E-state index contributed by atoms with van der Waals surface area (Å²) in [6.07, 6.45) is 3.53. The molecule has 2 heterocycles. The van der Waals surface area contributed by atoms with E-state index in [0.717, 1.165) is 0 Å².